The Morgan fingerprint density at radius 2 is 2.07 bits per heavy atom. The zero-order valence-corrected chi connectivity index (χ0v) is 15.4. The molecule has 0 unspecified atom stereocenters. The fourth-order valence-electron chi connectivity index (χ4n) is 2.63. The van der Waals surface area contributed by atoms with E-state index in [0.717, 1.165) is 11.0 Å². The molecule has 8 nitrogen and oxygen atoms in total. The summed E-state index contributed by atoms with van der Waals surface area (Å²) in [5.74, 6) is 0.278. The minimum Gasteiger partial charge on any atom is -0.331 e. The fourth-order valence-corrected chi connectivity index (χ4v) is 2.81. The van der Waals surface area contributed by atoms with E-state index in [-0.39, 0.29) is 23.0 Å². The van der Waals surface area contributed by atoms with E-state index in [1.54, 1.807) is 13.0 Å². The van der Waals surface area contributed by atoms with E-state index in [1.807, 2.05) is 35.9 Å². The van der Waals surface area contributed by atoms with Gasteiger partial charge in [0.15, 0.2) is 0 Å². The molecule has 3 aromatic rings. The van der Waals surface area contributed by atoms with E-state index >= 15 is 0 Å². The van der Waals surface area contributed by atoms with E-state index < -0.39 is 4.92 Å². The molecule has 2 aromatic carbocycles. The summed E-state index contributed by atoms with van der Waals surface area (Å²) in [4.78, 5) is 27.1. The van der Waals surface area contributed by atoms with Gasteiger partial charge in [-0.2, -0.15) is 5.10 Å². The second kappa shape index (κ2) is 7.55. The Labute approximate surface area is 159 Å². The molecule has 27 heavy (non-hydrogen) atoms. The smallest absolute Gasteiger partial charge is 0.288 e. The minimum atomic E-state index is -0.566. The number of hydrogen-bond acceptors (Lipinski definition) is 5. The largest absolute Gasteiger partial charge is 0.331 e. The van der Waals surface area contributed by atoms with Gasteiger partial charge in [0.05, 0.1) is 28.1 Å². The Morgan fingerprint density at radius 1 is 1.33 bits per heavy atom. The van der Waals surface area contributed by atoms with Crippen molar-refractivity contribution >= 4 is 39.9 Å². The van der Waals surface area contributed by atoms with Crippen LogP contribution in [0.25, 0.3) is 11.0 Å². The number of aryl methyl sites for hydroxylation is 1. The number of halogens is 1. The molecule has 0 bridgehead atoms. The van der Waals surface area contributed by atoms with Gasteiger partial charge in [-0.1, -0.05) is 29.8 Å². The van der Waals surface area contributed by atoms with Crippen LogP contribution in [0.1, 0.15) is 18.3 Å². The number of amides is 1. The third kappa shape index (κ3) is 3.95. The van der Waals surface area contributed by atoms with E-state index in [4.69, 9.17) is 11.6 Å². The molecule has 0 fully saturated rings. The van der Waals surface area contributed by atoms with Crippen LogP contribution >= 0.6 is 11.6 Å². The fraction of sp³-hybridized carbons (Fsp3) is 0.167. The van der Waals surface area contributed by atoms with Crippen LogP contribution in [0.3, 0.4) is 0 Å². The Morgan fingerprint density at radius 3 is 2.78 bits per heavy atom. The summed E-state index contributed by atoms with van der Waals surface area (Å²) < 4.78 is 1.86. The molecule has 0 aliphatic carbocycles. The van der Waals surface area contributed by atoms with E-state index in [0.29, 0.717) is 17.1 Å². The first kappa shape index (κ1) is 18.5. The summed E-state index contributed by atoms with van der Waals surface area (Å²) in [5, 5.41) is 15.0. The third-order valence-electron chi connectivity index (χ3n) is 4.11. The average Bonchev–Trinajstić information content (AvgIpc) is 2.96. The summed E-state index contributed by atoms with van der Waals surface area (Å²) in [6.07, 6.45) is 0.0583. The van der Waals surface area contributed by atoms with Gasteiger partial charge in [0.2, 0.25) is 5.91 Å². The van der Waals surface area contributed by atoms with E-state index in [9.17, 15) is 14.9 Å². The van der Waals surface area contributed by atoms with Crippen LogP contribution in [-0.2, 0) is 18.3 Å². The number of hydrogen-bond donors (Lipinski definition) is 1. The molecule has 0 saturated heterocycles. The molecule has 1 aromatic heterocycles. The zero-order valence-electron chi connectivity index (χ0n) is 14.6. The van der Waals surface area contributed by atoms with Gasteiger partial charge >= 0.3 is 0 Å². The van der Waals surface area contributed by atoms with Crippen LogP contribution in [0.15, 0.2) is 47.6 Å². The van der Waals surface area contributed by atoms with Crippen molar-refractivity contribution in [3.63, 3.8) is 0 Å². The average molecular weight is 386 g/mol. The van der Waals surface area contributed by atoms with Crippen LogP contribution in [-0.4, -0.2) is 26.1 Å². The van der Waals surface area contributed by atoms with E-state index in [1.165, 1.54) is 12.1 Å². The van der Waals surface area contributed by atoms with Crippen molar-refractivity contribution in [3.8, 4) is 0 Å². The van der Waals surface area contributed by atoms with Crippen LogP contribution in [0.2, 0.25) is 5.02 Å². The lowest BCUT2D eigenvalue weighted by atomic mass is 10.1. The number of aromatic nitrogens is 2. The van der Waals surface area contributed by atoms with Crippen molar-refractivity contribution in [2.75, 3.05) is 0 Å². The molecule has 0 saturated carbocycles. The number of hydrazone groups is 1. The molecule has 0 aliphatic heterocycles. The van der Waals surface area contributed by atoms with Crippen molar-refractivity contribution in [2.45, 2.75) is 13.3 Å². The Hall–Kier alpha value is -3.26. The summed E-state index contributed by atoms with van der Waals surface area (Å²) in [6.45, 7) is 1.64. The number of benzene rings is 2. The SMILES string of the molecule is C/C(=N\NC(=O)Cc1nc2ccccc2n1C)c1ccc(Cl)c([N+](=O)[O-])c1. The predicted octanol–water partition coefficient (Wildman–Crippen LogP) is 3.22. The molecule has 9 heteroatoms. The third-order valence-corrected chi connectivity index (χ3v) is 4.43. The summed E-state index contributed by atoms with van der Waals surface area (Å²) in [7, 11) is 1.85. The van der Waals surface area contributed by atoms with Crippen molar-refractivity contribution in [1.82, 2.24) is 15.0 Å². The number of nitrogens with one attached hydrogen (secondary N) is 1. The number of imidazole rings is 1. The highest BCUT2D eigenvalue weighted by atomic mass is 35.5. The van der Waals surface area contributed by atoms with Crippen LogP contribution in [0.5, 0.6) is 0 Å². The number of para-hydroxylation sites is 2. The molecule has 0 atom stereocenters. The van der Waals surface area contributed by atoms with Crippen molar-refractivity contribution in [2.24, 2.45) is 12.1 Å². The molecule has 1 N–H and O–H groups in total. The second-order valence-electron chi connectivity index (χ2n) is 5.91. The summed E-state index contributed by atoms with van der Waals surface area (Å²) in [5.41, 5.74) is 4.92. The summed E-state index contributed by atoms with van der Waals surface area (Å²) >= 11 is 5.80. The van der Waals surface area contributed by atoms with Gasteiger partial charge in [-0.25, -0.2) is 10.4 Å². The Balaban J connectivity index is 1.73. The molecule has 1 heterocycles. The van der Waals surface area contributed by atoms with Crippen LogP contribution in [0.4, 0.5) is 5.69 Å². The predicted molar refractivity (Wildman–Crippen MR) is 103 cm³/mol. The number of rotatable bonds is 5. The zero-order chi connectivity index (χ0) is 19.6. The summed E-state index contributed by atoms with van der Waals surface area (Å²) in [6, 6.07) is 12.0. The monoisotopic (exact) mass is 385 g/mol. The van der Waals surface area contributed by atoms with Gasteiger partial charge in [0.1, 0.15) is 10.8 Å². The van der Waals surface area contributed by atoms with Crippen molar-refractivity contribution in [3.05, 3.63) is 69.0 Å². The van der Waals surface area contributed by atoms with Crippen LogP contribution in [0, 0.1) is 10.1 Å². The maximum atomic E-state index is 12.2. The standard InChI is InChI=1S/C18H16ClN5O3/c1-11(12-7-8-13(19)16(9-12)24(26)27)21-22-18(25)10-17-20-14-5-3-4-6-15(14)23(17)2/h3-9H,10H2,1-2H3,(H,22,25)/b21-11+. The van der Waals surface area contributed by atoms with E-state index in [2.05, 4.69) is 15.5 Å². The lowest BCUT2D eigenvalue weighted by molar-refractivity contribution is -0.384. The molecule has 1 amide bonds. The lowest BCUT2D eigenvalue weighted by Gasteiger charge is -2.04. The number of nitro groups is 1. The molecular weight excluding hydrogens is 370 g/mol. The maximum Gasteiger partial charge on any atom is 0.288 e. The van der Waals surface area contributed by atoms with Gasteiger partial charge < -0.3 is 4.57 Å². The molecule has 0 spiro atoms. The van der Waals surface area contributed by atoms with Gasteiger partial charge in [-0.05, 0) is 25.1 Å². The number of carbonyl (C=O) groups excluding carboxylic acids is 1. The Bertz CT molecular complexity index is 1070. The first-order valence-electron chi connectivity index (χ1n) is 8.04. The van der Waals surface area contributed by atoms with Gasteiger partial charge in [0, 0.05) is 18.7 Å². The van der Waals surface area contributed by atoms with Gasteiger partial charge in [0.25, 0.3) is 5.69 Å². The topological polar surface area (TPSA) is 102 Å². The second-order valence-corrected chi connectivity index (χ2v) is 6.32. The number of carbonyl (C=O) groups is 1. The molecule has 138 valence electrons. The number of nitrogens with zero attached hydrogens (tertiary/aromatic N) is 4. The lowest BCUT2D eigenvalue weighted by Crippen LogP contribution is -2.22. The number of nitro benzene ring substituents is 1. The first-order valence-corrected chi connectivity index (χ1v) is 8.42. The van der Waals surface area contributed by atoms with Crippen molar-refractivity contribution < 1.29 is 9.72 Å². The van der Waals surface area contributed by atoms with Crippen molar-refractivity contribution in [1.29, 1.82) is 0 Å². The molecule has 3 rings (SSSR count). The number of fused-ring (bicyclic) bond motifs is 1. The van der Waals surface area contributed by atoms with Crippen LogP contribution < -0.4 is 5.43 Å². The Kier molecular flexibility index (Phi) is 5.18. The highest BCUT2D eigenvalue weighted by Gasteiger charge is 2.15. The first-order chi connectivity index (χ1) is 12.9. The van der Waals surface area contributed by atoms with Gasteiger partial charge in [-0.3, -0.25) is 14.9 Å². The normalized spacial score (nSPS) is 11.6. The minimum absolute atomic E-state index is 0.0439. The highest BCUT2D eigenvalue weighted by Crippen LogP contribution is 2.25. The highest BCUT2D eigenvalue weighted by molar-refractivity contribution is 6.32. The molecular formula is C18H16ClN5O3. The maximum absolute atomic E-state index is 12.2. The molecule has 0 aliphatic rings. The quantitative estimate of drug-likeness (QED) is 0.413. The van der Waals surface area contributed by atoms with Gasteiger partial charge in [-0.15, -0.1) is 0 Å². The molecule has 0 radical (unpaired) electrons.